The number of likely N-dealkylation sites (N-methyl/N-ethyl adjacent to an activating group) is 1. The van der Waals surface area contributed by atoms with Gasteiger partial charge >= 0.3 is 18.5 Å². The second-order valence-electron chi connectivity index (χ2n) is 12.1. The average molecular weight is 696 g/mol. The lowest BCUT2D eigenvalue weighted by Crippen LogP contribution is -2.40. The molecule has 0 amide bonds. The van der Waals surface area contributed by atoms with E-state index in [0.717, 1.165) is 23.5 Å². The molecule has 2 heterocycles. The van der Waals surface area contributed by atoms with Crippen LogP contribution >= 0.6 is 0 Å². The summed E-state index contributed by atoms with van der Waals surface area (Å²) in [6.07, 6.45) is -12.9. The summed E-state index contributed by atoms with van der Waals surface area (Å²) in [4.78, 5) is 6.42. The number of piperidine rings is 1. The third-order valence-corrected chi connectivity index (χ3v) is 8.19. The lowest BCUT2D eigenvalue weighted by molar-refractivity contribution is -0.143. The largest absolute Gasteiger partial charge is 0.416 e. The van der Waals surface area contributed by atoms with Crippen LogP contribution in [0.1, 0.15) is 65.6 Å². The number of anilines is 1. The van der Waals surface area contributed by atoms with Gasteiger partial charge in [0.25, 0.3) is 5.95 Å². The van der Waals surface area contributed by atoms with Crippen LogP contribution in [0.25, 0.3) is 0 Å². The third-order valence-electron chi connectivity index (χ3n) is 8.19. The summed E-state index contributed by atoms with van der Waals surface area (Å²) in [5.41, 5.74) is -3.64. The van der Waals surface area contributed by atoms with Gasteiger partial charge in [0.05, 0.1) is 36.4 Å². The minimum atomic E-state index is -5.08. The summed E-state index contributed by atoms with van der Waals surface area (Å²) in [5.74, 6) is -0.185. The van der Waals surface area contributed by atoms with Crippen molar-refractivity contribution in [1.82, 2.24) is 30.0 Å². The van der Waals surface area contributed by atoms with Crippen LogP contribution in [0.15, 0.2) is 36.4 Å². The fourth-order valence-electron chi connectivity index (χ4n) is 5.81. The van der Waals surface area contributed by atoms with E-state index in [4.69, 9.17) is 4.74 Å². The maximum atomic E-state index is 14.0. The van der Waals surface area contributed by atoms with E-state index in [-0.39, 0.29) is 41.8 Å². The molecule has 1 atom stereocenters. The molecule has 1 saturated heterocycles. The molecular weight excluding hydrogens is 657 g/mol. The van der Waals surface area contributed by atoms with Crippen LogP contribution in [0, 0.1) is 0 Å². The fraction of sp³-hybridized carbons (Fsp3) is 0.581. The number of alkyl halides is 9. The molecule has 0 spiro atoms. The quantitative estimate of drug-likeness (QED) is 0.190. The summed E-state index contributed by atoms with van der Waals surface area (Å²) in [6.45, 7) is 3.53. The molecule has 2 aromatic carbocycles. The highest BCUT2D eigenvalue weighted by Crippen LogP contribution is 2.39. The zero-order chi connectivity index (χ0) is 35.4. The Bertz CT molecular complexity index is 1460. The van der Waals surface area contributed by atoms with Crippen molar-refractivity contribution in [2.75, 3.05) is 45.2 Å². The Morgan fingerprint density at radius 1 is 0.854 bits per heavy atom. The first kappa shape index (κ1) is 37.4. The van der Waals surface area contributed by atoms with Gasteiger partial charge in [-0.05, 0) is 85.6 Å². The Balaban J connectivity index is 1.71. The Kier molecular flexibility index (Phi) is 11.7. The van der Waals surface area contributed by atoms with Gasteiger partial charge in [0, 0.05) is 38.8 Å². The van der Waals surface area contributed by atoms with Gasteiger partial charge in [-0.2, -0.15) is 44.3 Å². The minimum absolute atomic E-state index is 0.0155. The van der Waals surface area contributed by atoms with E-state index in [2.05, 4.69) is 20.3 Å². The van der Waals surface area contributed by atoms with Gasteiger partial charge in [-0.15, -0.1) is 5.10 Å². The molecule has 0 aliphatic carbocycles. The van der Waals surface area contributed by atoms with Gasteiger partial charge in [-0.3, -0.25) is 4.90 Å². The number of tetrazole rings is 1. The van der Waals surface area contributed by atoms with Gasteiger partial charge in [0.1, 0.15) is 0 Å². The van der Waals surface area contributed by atoms with Crippen molar-refractivity contribution in [3.8, 4) is 0 Å². The molecule has 1 aliphatic rings. The normalized spacial score (nSPS) is 16.1. The fourth-order valence-corrected chi connectivity index (χ4v) is 5.81. The molecule has 0 saturated carbocycles. The predicted octanol–water partition coefficient (Wildman–Crippen LogP) is 6.97. The molecule has 48 heavy (non-hydrogen) atoms. The summed E-state index contributed by atoms with van der Waals surface area (Å²) >= 11 is 0. The first-order chi connectivity index (χ1) is 22.3. The van der Waals surface area contributed by atoms with Gasteiger partial charge in [0.2, 0.25) is 0 Å². The molecule has 1 fully saturated rings. The number of ether oxygens (including phenoxy) is 1. The molecule has 0 N–H and O–H groups in total. The highest BCUT2D eigenvalue weighted by atomic mass is 19.4. The van der Waals surface area contributed by atoms with Gasteiger partial charge in [-0.1, -0.05) is 18.1 Å². The molecule has 1 unspecified atom stereocenters. The van der Waals surface area contributed by atoms with E-state index in [9.17, 15) is 39.5 Å². The maximum absolute atomic E-state index is 14.0. The van der Waals surface area contributed by atoms with Crippen LogP contribution in [-0.4, -0.2) is 76.4 Å². The van der Waals surface area contributed by atoms with Gasteiger partial charge < -0.3 is 14.5 Å². The number of halogens is 9. The maximum Gasteiger partial charge on any atom is 0.416 e. The highest BCUT2D eigenvalue weighted by Gasteiger charge is 2.38. The summed E-state index contributed by atoms with van der Waals surface area (Å²) < 4.78 is 130. The topological polar surface area (TPSA) is 62.6 Å². The molecule has 8 nitrogen and oxygen atoms in total. The predicted molar refractivity (Wildman–Crippen MR) is 159 cm³/mol. The smallest absolute Gasteiger partial charge is 0.377 e. The van der Waals surface area contributed by atoms with Crippen molar-refractivity contribution in [2.24, 2.45) is 7.05 Å². The Hall–Kier alpha value is -3.44. The van der Waals surface area contributed by atoms with E-state index >= 15 is 0 Å². The number of hydrogen-bond acceptors (Lipinski definition) is 7. The second-order valence-corrected chi connectivity index (χ2v) is 12.1. The Morgan fingerprint density at radius 2 is 1.46 bits per heavy atom. The number of hydrogen-bond donors (Lipinski definition) is 0. The van der Waals surface area contributed by atoms with Crippen LogP contribution < -0.4 is 4.90 Å². The number of benzene rings is 2. The molecule has 4 rings (SSSR count). The molecule has 0 bridgehead atoms. The first-order valence-electron chi connectivity index (χ1n) is 15.3. The lowest BCUT2D eigenvalue weighted by atomic mass is 9.92. The molecule has 3 aromatic rings. The number of aryl methyl sites for hydroxylation is 1. The molecule has 1 aromatic heterocycles. The van der Waals surface area contributed by atoms with Crippen molar-refractivity contribution in [1.29, 1.82) is 0 Å². The van der Waals surface area contributed by atoms with Crippen molar-refractivity contribution in [3.63, 3.8) is 0 Å². The van der Waals surface area contributed by atoms with E-state index in [1.165, 1.54) is 18.0 Å². The molecule has 1 aliphatic heterocycles. The van der Waals surface area contributed by atoms with Crippen LogP contribution in [0.4, 0.5) is 45.5 Å². The second kappa shape index (κ2) is 15.0. The number of nitrogens with zero attached hydrogens (tertiary/aromatic N) is 7. The standard InChI is InChI=1S/C31H38F9N7O/c1-5-27(46-10-8-25(9-11-46)48-13-12-44(2)3)26-7-6-22(29(32,33)34)16-21(26)19-47(28-41-43-45(4)42-28)18-20-14-23(30(35,36)37)17-24(15-20)31(38,39)40/h6-7,14-17,25,27H,5,8-13,18-19H2,1-4H3. The molecule has 266 valence electrons. The van der Waals surface area contributed by atoms with Gasteiger partial charge in [-0.25, -0.2) is 0 Å². The first-order valence-corrected chi connectivity index (χ1v) is 15.3. The van der Waals surface area contributed by atoms with Gasteiger partial charge in [0.15, 0.2) is 0 Å². The zero-order valence-electron chi connectivity index (χ0n) is 26.9. The third kappa shape index (κ3) is 9.81. The summed E-state index contributed by atoms with van der Waals surface area (Å²) in [6, 6.07) is 4.17. The van der Waals surface area contributed by atoms with Crippen LogP contribution in [0.5, 0.6) is 0 Å². The van der Waals surface area contributed by atoms with Crippen molar-refractivity contribution >= 4 is 5.95 Å². The SMILES string of the molecule is CCC(c1ccc(C(F)(F)F)cc1CN(Cc1cc(C(F)(F)F)cc(C(F)(F)F)c1)c1nnn(C)n1)N1CCC(OCCN(C)C)CC1. The van der Waals surface area contributed by atoms with E-state index in [0.29, 0.717) is 56.7 Å². The molecule has 17 heteroatoms. The number of aromatic nitrogens is 4. The molecular formula is C31H38F9N7O. The monoisotopic (exact) mass is 695 g/mol. The Labute approximate surface area is 272 Å². The summed E-state index contributed by atoms with van der Waals surface area (Å²) in [7, 11) is 5.29. The Morgan fingerprint density at radius 3 is 1.96 bits per heavy atom. The van der Waals surface area contributed by atoms with Crippen molar-refractivity contribution in [3.05, 3.63) is 69.8 Å². The summed E-state index contributed by atoms with van der Waals surface area (Å²) in [5, 5.41) is 11.7. The van der Waals surface area contributed by atoms with Crippen LogP contribution in [-0.2, 0) is 43.4 Å². The van der Waals surface area contributed by atoms with E-state index in [1.807, 2.05) is 25.9 Å². The number of likely N-dealkylation sites (tertiary alicyclic amines) is 1. The van der Waals surface area contributed by atoms with Crippen molar-refractivity contribution in [2.45, 2.75) is 70.0 Å². The highest BCUT2D eigenvalue weighted by molar-refractivity contribution is 5.42. The van der Waals surface area contributed by atoms with Crippen LogP contribution in [0.2, 0.25) is 0 Å². The van der Waals surface area contributed by atoms with E-state index in [1.54, 1.807) is 0 Å². The van der Waals surface area contributed by atoms with E-state index < -0.39 is 41.8 Å². The number of rotatable bonds is 12. The minimum Gasteiger partial charge on any atom is -0.377 e. The van der Waals surface area contributed by atoms with Crippen molar-refractivity contribution < 1.29 is 44.3 Å². The lowest BCUT2D eigenvalue weighted by Gasteiger charge is -2.38. The molecule has 0 radical (unpaired) electrons. The average Bonchev–Trinajstić information content (AvgIpc) is 3.43. The zero-order valence-corrected chi connectivity index (χ0v) is 26.9. The van der Waals surface area contributed by atoms with Crippen LogP contribution in [0.3, 0.4) is 0 Å².